The Labute approximate surface area is 86.4 Å². The Balaban J connectivity index is 1.43. The van der Waals surface area contributed by atoms with Gasteiger partial charge in [0.1, 0.15) is 0 Å². The number of ether oxygens (including phenoxy) is 1. The Morgan fingerprint density at radius 3 is 2.50 bits per heavy atom. The number of fused-ring (bicyclic) bond motifs is 1. The standard InChI is InChI=1S/C12H21NO/c1-12(2)4-3-11(12)13-5-8-9-6-14-7-10(8)9/h8-11,13H,3-7H2,1-2H3. The van der Waals surface area contributed by atoms with Gasteiger partial charge in [0.15, 0.2) is 0 Å². The monoisotopic (exact) mass is 195 g/mol. The van der Waals surface area contributed by atoms with E-state index in [9.17, 15) is 0 Å². The van der Waals surface area contributed by atoms with Gasteiger partial charge >= 0.3 is 0 Å². The molecule has 0 aromatic rings. The maximum atomic E-state index is 5.40. The van der Waals surface area contributed by atoms with Gasteiger partial charge in [0.05, 0.1) is 13.2 Å². The summed E-state index contributed by atoms with van der Waals surface area (Å²) in [6.07, 6.45) is 2.77. The van der Waals surface area contributed by atoms with Crippen molar-refractivity contribution in [1.29, 1.82) is 0 Å². The molecule has 0 amide bonds. The fourth-order valence-electron chi connectivity index (χ4n) is 3.18. The second kappa shape index (κ2) is 2.96. The fourth-order valence-corrected chi connectivity index (χ4v) is 3.18. The molecule has 3 aliphatic rings. The van der Waals surface area contributed by atoms with Gasteiger partial charge in [-0.2, -0.15) is 0 Å². The van der Waals surface area contributed by atoms with Crippen molar-refractivity contribution >= 4 is 0 Å². The third-order valence-electron chi connectivity index (χ3n) is 4.75. The van der Waals surface area contributed by atoms with Crippen LogP contribution in [0.15, 0.2) is 0 Å². The SMILES string of the molecule is CC1(C)CCC1NCC1C2COCC12. The predicted octanol–water partition coefficient (Wildman–Crippen LogP) is 1.66. The normalized spacial score (nSPS) is 48.4. The quantitative estimate of drug-likeness (QED) is 0.739. The van der Waals surface area contributed by atoms with Crippen molar-refractivity contribution in [3.8, 4) is 0 Å². The van der Waals surface area contributed by atoms with Gasteiger partial charge in [0.25, 0.3) is 0 Å². The van der Waals surface area contributed by atoms with Gasteiger partial charge in [-0.25, -0.2) is 0 Å². The average Bonchev–Trinajstić information content (AvgIpc) is 2.61. The summed E-state index contributed by atoms with van der Waals surface area (Å²) < 4.78 is 5.40. The highest BCUT2D eigenvalue weighted by molar-refractivity contribution is 5.03. The molecule has 2 nitrogen and oxygen atoms in total. The number of hydrogen-bond acceptors (Lipinski definition) is 2. The Hall–Kier alpha value is -0.0800. The minimum atomic E-state index is 0.556. The Morgan fingerprint density at radius 2 is 2.00 bits per heavy atom. The smallest absolute Gasteiger partial charge is 0.0501 e. The van der Waals surface area contributed by atoms with Crippen LogP contribution in [0.3, 0.4) is 0 Å². The molecule has 80 valence electrons. The van der Waals surface area contributed by atoms with E-state index in [0.29, 0.717) is 5.41 Å². The zero-order valence-electron chi connectivity index (χ0n) is 9.25. The van der Waals surface area contributed by atoms with Crippen molar-refractivity contribution in [3.63, 3.8) is 0 Å². The summed E-state index contributed by atoms with van der Waals surface area (Å²) in [5.74, 6) is 2.76. The van der Waals surface area contributed by atoms with E-state index in [1.807, 2.05) is 0 Å². The Morgan fingerprint density at radius 1 is 1.29 bits per heavy atom. The lowest BCUT2D eigenvalue weighted by Crippen LogP contribution is -2.50. The van der Waals surface area contributed by atoms with E-state index in [4.69, 9.17) is 4.74 Å². The lowest BCUT2D eigenvalue weighted by molar-refractivity contribution is 0.102. The van der Waals surface area contributed by atoms with E-state index in [1.54, 1.807) is 0 Å². The number of rotatable bonds is 3. The molecular weight excluding hydrogens is 174 g/mol. The van der Waals surface area contributed by atoms with Crippen molar-refractivity contribution in [2.75, 3.05) is 19.8 Å². The van der Waals surface area contributed by atoms with Gasteiger partial charge in [-0.15, -0.1) is 0 Å². The number of nitrogens with one attached hydrogen (secondary N) is 1. The van der Waals surface area contributed by atoms with Crippen molar-refractivity contribution in [1.82, 2.24) is 5.32 Å². The first-order chi connectivity index (χ1) is 6.68. The van der Waals surface area contributed by atoms with E-state index in [0.717, 1.165) is 37.0 Å². The van der Waals surface area contributed by atoms with Crippen molar-refractivity contribution < 1.29 is 4.74 Å². The molecule has 14 heavy (non-hydrogen) atoms. The lowest BCUT2D eigenvalue weighted by atomic mass is 9.67. The van der Waals surface area contributed by atoms with Gasteiger partial charge in [-0.3, -0.25) is 0 Å². The largest absolute Gasteiger partial charge is 0.381 e. The lowest BCUT2D eigenvalue weighted by Gasteiger charge is -2.45. The molecule has 0 radical (unpaired) electrons. The molecule has 2 saturated carbocycles. The summed E-state index contributed by atoms with van der Waals surface area (Å²) in [6.45, 7) is 8.07. The van der Waals surface area contributed by atoms with Crippen LogP contribution < -0.4 is 5.32 Å². The highest BCUT2D eigenvalue weighted by Crippen LogP contribution is 2.50. The third kappa shape index (κ3) is 1.31. The zero-order valence-corrected chi connectivity index (χ0v) is 9.25. The summed E-state index contributed by atoms with van der Waals surface area (Å²) in [6, 6.07) is 0.782. The van der Waals surface area contributed by atoms with Crippen molar-refractivity contribution in [2.24, 2.45) is 23.2 Å². The van der Waals surface area contributed by atoms with E-state index in [-0.39, 0.29) is 0 Å². The third-order valence-corrected chi connectivity index (χ3v) is 4.75. The van der Waals surface area contributed by atoms with E-state index >= 15 is 0 Å². The zero-order chi connectivity index (χ0) is 9.76. The molecule has 3 atom stereocenters. The first kappa shape index (κ1) is 9.17. The molecular formula is C12H21NO. The van der Waals surface area contributed by atoms with Crippen LogP contribution in [-0.4, -0.2) is 25.8 Å². The van der Waals surface area contributed by atoms with Crippen molar-refractivity contribution in [3.05, 3.63) is 0 Å². The van der Waals surface area contributed by atoms with Gasteiger partial charge in [-0.05, 0) is 42.6 Å². The molecule has 1 N–H and O–H groups in total. The van der Waals surface area contributed by atoms with Crippen LogP contribution in [0.25, 0.3) is 0 Å². The average molecular weight is 195 g/mol. The highest BCUT2D eigenvalue weighted by atomic mass is 16.5. The topological polar surface area (TPSA) is 21.3 Å². The molecule has 0 aromatic heterocycles. The minimum absolute atomic E-state index is 0.556. The van der Waals surface area contributed by atoms with Crippen molar-refractivity contribution in [2.45, 2.75) is 32.7 Å². The van der Waals surface area contributed by atoms with Gasteiger partial charge in [0, 0.05) is 6.04 Å². The molecule has 0 aromatic carbocycles. The molecule has 0 bridgehead atoms. The van der Waals surface area contributed by atoms with Crippen LogP contribution in [0, 0.1) is 23.2 Å². The fraction of sp³-hybridized carbons (Fsp3) is 1.00. The summed E-state index contributed by atoms with van der Waals surface area (Å²) in [5.41, 5.74) is 0.556. The van der Waals surface area contributed by atoms with Crippen LogP contribution >= 0.6 is 0 Å². The first-order valence-corrected chi connectivity index (χ1v) is 5.99. The first-order valence-electron chi connectivity index (χ1n) is 5.99. The van der Waals surface area contributed by atoms with Crippen LogP contribution in [-0.2, 0) is 4.74 Å². The molecule has 0 spiro atoms. The molecule has 3 unspecified atom stereocenters. The van der Waals surface area contributed by atoms with Crippen LogP contribution in [0.4, 0.5) is 0 Å². The molecule has 1 aliphatic heterocycles. The van der Waals surface area contributed by atoms with Crippen LogP contribution in [0.1, 0.15) is 26.7 Å². The molecule has 2 heteroatoms. The van der Waals surface area contributed by atoms with E-state index in [2.05, 4.69) is 19.2 Å². The Kier molecular flexibility index (Phi) is 1.94. The van der Waals surface area contributed by atoms with E-state index in [1.165, 1.54) is 19.4 Å². The van der Waals surface area contributed by atoms with Gasteiger partial charge < -0.3 is 10.1 Å². The second-order valence-corrected chi connectivity index (χ2v) is 6.02. The molecule has 1 heterocycles. The number of hydrogen-bond donors (Lipinski definition) is 1. The summed E-state index contributed by atoms with van der Waals surface area (Å²) in [4.78, 5) is 0. The van der Waals surface area contributed by atoms with Gasteiger partial charge in [0.2, 0.25) is 0 Å². The highest BCUT2D eigenvalue weighted by Gasteiger charge is 2.53. The summed E-state index contributed by atoms with van der Waals surface area (Å²) >= 11 is 0. The van der Waals surface area contributed by atoms with Gasteiger partial charge in [-0.1, -0.05) is 13.8 Å². The molecule has 1 saturated heterocycles. The van der Waals surface area contributed by atoms with E-state index < -0.39 is 0 Å². The molecule has 3 fully saturated rings. The Bertz CT molecular complexity index is 228. The molecule has 3 rings (SSSR count). The van der Waals surface area contributed by atoms with Crippen LogP contribution in [0.2, 0.25) is 0 Å². The van der Waals surface area contributed by atoms with Crippen LogP contribution in [0.5, 0.6) is 0 Å². The predicted molar refractivity (Wildman–Crippen MR) is 56.1 cm³/mol. The summed E-state index contributed by atoms with van der Waals surface area (Å²) in [7, 11) is 0. The minimum Gasteiger partial charge on any atom is -0.381 e. The second-order valence-electron chi connectivity index (χ2n) is 6.02. The summed E-state index contributed by atoms with van der Waals surface area (Å²) in [5, 5.41) is 3.74. The molecule has 2 aliphatic carbocycles. The maximum absolute atomic E-state index is 5.40. The maximum Gasteiger partial charge on any atom is 0.0501 e.